The van der Waals surface area contributed by atoms with Gasteiger partial charge in [-0.15, -0.1) is 0 Å². The van der Waals surface area contributed by atoms with E-state index in [2.05, 4.69) is 5.32 Å². The van der Waals surface area contributed by atoms with Crippen molar-refractivity contribution in [3.05, 3.63) is 77.4 Å². The molecule has 0 spiro atoms. The van der Waals surface area contributed by atoms with E-state index in [9.17, 15) is 9.90 Å². The first-order valence-electron chi connectivity index (χ1n) is 7.64. The van der Waals surface area contributed by atoms with Gasteiger partial charge in [-0.2, -0.15) is 0 Å². The molecule has 0 aliphatic carbocycles. The Labute approximate surface area is 135 Å². The Morgan fingerprint density at radius 1 is 1.04 bits per heavy atom. The highest BCUT2D eigenvalue weighted by Gasteiger charge is 2.09. The van der Waals surface area contributed by atoms with E-state index < -0.39 is 0 Å². The van der Waals surface area contributed by atoms with Crippen LogP contribution in [0.1, 0.15) is 16.7 Å². The number of aryl methyl sites for hydroxylation is 1. The predicted molar refractivity (Wildman–Crippen MR) is 93.4 cm³/mol. The molecule has 0 atom stereocenters. The van der Waals surface area contributed by atoms with Crippen LogP contribution >= 0.6 is 0 Å². The molecular formula is C20H19NO2. The van der Waals surface area contributed by atoms with Crippen molar-refractivity contribution in [2.75, 3.05) is 5.32 Å². The number of carbonyl (C=O) groups excluding carboxylic acids is 1. The first kappa shape index (κ1) is 15.3. The Morgan fingerprint density at radius 2 is 1.83 bits per heavy atom. The van der Waals surface area contributed by atoms with Crippen LogP contribution in [-0.4, -0.2) is 11.0 Å². The lowest BCUT2D eigenvalue weighted by Gasteiger charge is -2.11. The van der Waals surface area contributed by atoms with E-state index >= 15 is 0 Å². The van der Waals surface area contributed by atoms with Crippen molar-refractivity contribution in [3.63, 3.8) is 0 Å². The molecule has 0 aliphatic heterocycles. The number of anilines is 1. The molecule has 3 aromatic carbocycles. The molecule has 1 amide bonds. The number of rotatable bonds is 4. The summed E-state index contributed by atoms with van der Waals surface area (Å²) in [6.07, 6.45) is 0.324. The summed E-state index contributed by atoms with van der Waals surface area (Å²) in [6.45, 7) is 1.90. The third-order valence-corrected chi connectivity index (χ3v) is 3.99. The zero-order valence-electron chi connectivity index (χ0n) is 13.0. The van der Waals surface area contributed by atoms with Crippen LogP contribution in [0.5, 0.6) is 0 Å². The van der Waals surface area contributed by atoms with Gasteiger partial charge in [-0.05, 0) is 40.5 Å². The van der Waals surface area contributed by atoms with E-state index in [1.165, 1.54) is 0 Å². The number of benzene rings is 3. The molecule has 0 aromatic heterocycles. The molecule has 0 radical (unpaired) electrons. The molecule has 0 unspecified atom stereocenters. The van der Waals surface area contributed by atoms with Crippen molar-refractivity contribution in [3.8, 4) is 0 Å². The topological polar surface area (TPSA) is 49.3 Å². The van der Waals surface area contributed by atoms with E-state index in [1.54, 1.807) is 0 Å². The third-order valence-electron chi connectivity index (χ3n) is 3.99. The van der Waals surface area contributed by atoms with Gasteiger partial charge in [0.15, 0.2) is 0 Å². The summed E-state index contributed by atoms with van der Waals surface area (Å²) in [5, 5.41) is 14.4. The number of hydrogen-bond acceptors (Lipinski definition) is 2. The average Bonchev–Trinajstić information content (AvgIpc) is 2.57. The number of amides is 1. The molecule has 0 saturated heterocycles. The largest absolute Gasteiger partial charge is 0.392 e. The van der Waals surface area contributed by atoms with Gasteiger partial charge in [0, 0.05) is 5.69 Å². The van der Waals surface area contributed by atoms with Gasteiger partial charge in [-0.3, -0.25) is 4.79 Å². The van der Waals surface area contributed by atoms with Crippen LogP contribution in [0.25, 0.3) is 10.8 Å². The van der Waals surface area contributed by atoms with Crippen molar-refractivity contribution in [1.82, 2.24) is 0 Å². The predicted octanol–water partition coefficient (Wildman–Crippen LogP) is 3.82. The van der Waals surface area contributed by atoms with E-state index in [-0.39, 0.29) is 12.5 Å². The normalized spacial score (nSPS) is 10.7. The molecule has 3 nitrogen and oxygen atoms in total. The van der Waals surface area contributed by atoms with Gasteiger partial charge in [0.1, 0.15) is 0 Å². The fourth-order valence-corrected chi connectivity index (χ4v) is 2.72. The quantitative estimate of drug-likeness (QED) is 0.770. The van der Waals surface area contributed by atoms with Crippen molar-refractivity contribution in [1.29, 1.82) is 0 Å². The van der Waals surface area contributed by atoms with Crippen LogP contribution in [0.15, 0.2) is 60.7 Å². The average molecular weight is 305 g/mol. The van der Waals surface area contributed by atoms with Gasteiger partial charge in [-0.25, -0.2) is 0 Å². The number of hydrogen-bond donors (Lipinski definition) is 2. The summed E-state index contributed by atoms with van der Waals surface area (Å²) in [4.78, 5) is 12.4. The molecule has 116 valence electrons. The van der Waals surface area contributed by atoms with Gasteiger partial charge >= 0.3 is 0 Å². The second-order valence-corrected chi connectivity index (χ2v) is 5.67. The first-order chi connectivity index (χ1) is 11.2. The highest BCUT2D eigenvalue weighted by atomic mass is 16.3. The van der Waals surface area contributed by atoms with Crippen LogP contribution in [0.4, 0.5) is 5.69 Å². The summed E-state index contributed by atoms with van der Waals surface area (Å²) < 4.78 is 0. The van der Waals surface area contributed by atoms with Gasteiger partial charge in [0.05, 0.1) is 13.0 Å². The zero-order chi connectivity index (χ0) is 16.2. The maximum atomic E-state index is 12.4. The van der Waals surface area contributed by atoms with Gasteiger partial charge in [0.2, 0.25) is 5.91 Å². The van der Waals surface area contributed by atoms with Gasteiger partial charge in [0.25, 0.3) is 0 Å². The van der Waals surface area contributed by atoms with Crippen molar-refractivity contribution in [2.45, 2.75) is 20.0 Å². The molecule has 3 rings (SSSR count). The lowest BCUT2D eigenvalue weighted by atomic mass is 10.0. The van der Waals surface area contributed by atoms with E-state index in [1.807, 2.05) is 67.6 Å². The van der Waals surface area contributed by atoms with Crippen LogP contribution < -0.4 is 5.32 Å². The van der Waals surface area contributed by atoms with E-state index in [4.69, 9.17) is 0 Å². The summed E-state index contributed by atoms with van der Waals surface area (Å²) in [5.74, 6) is -0.0560. The molecule has 3 aromatic rings. The SMILES string of the molecule is Cc1ccc(CO)cc1NC(=O)Cc1cccc2ccccc12. The molecule has 0 aliphatic rings. The second kappa shape index (κ2) is 6.63. The smallest absolute Gasteiger partial charge is 0.228 e. The standard InChI is InChI=1S/C20H19NO2/c1-14-9-10-15(13-22)11-19(14)21-20(23)12-17-7-4-6-16-5-2-3-8-18(16)17/h2-11,22H,12-13H2,1H3,(H,21,23). The number of fused-ring (bicyclic) bond motifs is 1. The van der Waals surface area contributed by atoms with Crippen molar-refractivity contribution >= 4 is 22.4 Å². The van der Waals surface area contributed by atoms with Crippen molar-refractivity contribution in [2.24, 2.45) is 0 Å². The van der Waals surface area contributed by atoms with Crippen molar-refractivity contribution < 1.29 is 9.90 Å². The lowest BCUT2D eigenvalue weighted by molar-refractivity contribution is -0.115. The molecule has 23 heavy (non-hydrogen) atoms. The number of carbonyl (C=O) groups is 1. The monoisotopic (exact) mass is 305 g/mol. The first-order valence-corrected chi connectivity index (χ1v) is 7.64. The zero-order valence-corrected chi connectivity index (χ0v) is 13.0. The Hall–Kier alpha value is -2.65. The van der Waals surface area contributed by atoms with E-state index in [0.717, 1.165) is 33.2 Å². The number of aliphatic hydroxyl groups is 1. The summed E-state index contributed by atoms with van der Waals surface area (Å²) >= 11 is 0. The van der Waals surface area contributed by atoms with Crippen LogP contribution in [-0.2, 0) is 17.8 Å². The molecular weight excluding hydrogens is 286 g/mol. The Bertz CT molecular complexity index is 850. The fourth-order valence-electron chi connectivity index (χ4n) is 2.72. The molecule has 3 heteroatoms. The minimum atomic E-state index is -0.0560. The maximum Gasteiger partial charge on any atom is 0.228 e. The molecule has 0 saturated carbocycles. The maximum absolute atomic E-state index is 12.4. The Morgan fingerprint density at radius 3 is 2.65 bits per heavy atom. The van der Waals surface area contributed by atoms with Gasteiger partial charge < -0.3 is 10.4 Å². The molecule has 0 bridgehead atoms. The highest BCUT2D eigenvalue weighted by Crippen LogP contribution is 2.21. The minimum absolute atomic E-state index is 0.0352. The lowest BCUT2D eigenvalue weighted by Crippen LogP contribution is -2.15. The van der Waals surface area contributed by atoms with Crippen LogP contribution in [0.3, 0.4) is 0 Å². The molecule has 0 heterocycles. The summed E-state index contributed by atoms with van der Waals surface area (Å²) in [7, 11) is 0. The van der Waals surface area contributed by atoms with Crippen LogP contribution in [0.2, 0.25) is 0 Å². The summed E-state index contributed by atoms with van der Waals surface area (Å²) in [6, 6.07) is 19.6. The second-order valence-electron chi connectivity index (χ2n) is 5.67. The highest BCUT2D eigenvalue weighted by molar-refractivity contribution is 5.96. The third kappa shape index (κ3) is 3.41. The van der Waals surface area contributed by atoms with Crippen LogP contribution in [0, 0.1) is 6.92 Å². The molecule has 0 fully saturated rings. The summed E-state index contributed by atoms with van der Waals surface area (Å²) in [5.41, 5.74) is 3.53. The van der Waals surface area contributed by atoms with E-state index in [0.29, 0.717) is 6.42 Å². The Kier molecular flexibility index (Phi) is 4.40. The number of aliphatic hydroxyl groups excluding tert-OH is 1. The number of nitrogens with one attached hydrogen (secondary N) is 1. The fraction of sp³-hybridized carbons (Fsp3) is 0.150. The molecule has 2 N–H and O–H groups in total. The minimum Gasteiger partial charge on any atom is -0.392 e. The Balaban J connectivity index is 1.82. The van der Waals surface area contributed by atoms with Gasteiger partial charge in [-0.1, -0.05) is 54.6 Å².